The molecule has 0 aliphatic heterocycles. The van der Waals surface area contributed by atoms with Crippen molar-refractivity contribution in [2.45, 2.75) is 38.3 Å². The van der Waals surface area contributed by atoms with Crippen LogP contribution >= 0.6 is 0 Å². The van der Waals surface area contributed by atoms with Gasteiger partial charge in [-0.25, -0.2) is 13.4 Å². The van der Waals surface area contributed by atoms with Gasteiger partial charge < -0.3 is 10.2 Å². The van der Waals surface area contributed by atoms with Crippen molar-refractivity contribution in [3.8, 4) is 0 Å². The van der Waals surface area contributed by atoms with E-state index in [1.165, 1.54) is 22.6 Å². The van der Waals surface area contributed by atoms with Crippen LogP contribution in [0.1, 0.15) is 25.4 Å². The van der Waals surface area contributed by atoms with Crippen LogP contribution in [0.25, 0.3) is 0 Å². The van der Waals surface area contributed by atoms with Crippen molar-refractivity contribution in [1.82, 2.24) is 9.29 Å². The van der Waals surface area contributed by atoms with Crippen molar-refractivity contribution in [1.29, 1.82) is 0 Å². The van der Waals surface area contributed by atoms with Gasteiger partial charge in [-0.15, -0.1) is 0 Å². The Morgan fingerprint density at radius 3 is 2.48 bits per heavy atom. The van der Waals surface area contributed by atoms with E-state index >= 15 is 0 Å². The fourth-order valence-corrected chi connectivity index (χ4v) is 3.50. The molecule has 0 aliphatic carbocycles. The number of hydrogen-bond acceptors (Lipinski definition) is 5. The Kier molecular flexibility index (Phi) is 4.34. The Labute approximate surface area is 124 Å². The van der Waals surface area contributed by atoms with E-state index < -0.39 is 10.0 Å². The number of rotatable bonds is 5. The predicted octanol–water partition coefficient (Wildman–Crippen LogP) is 2.16. The van der Waals surface area contributed by atoms with Gasteiger partial charge in [-0.05, 0) is 45.0 Å². The lowest BCUT2D eigenvalue weighted by molar-refractivity contribution is 0.314. The van der Waals surface area contributed by atoms with Gasteiger partial charge >= 0.3 is 0 Å². The molecule has 2 heterocycles. The van der Waals surface area contributed by atoms with Crippen molar-refractivity contribution in [2.75, 3.05) is 5.73 Å². The Morgan fingerprint density at radius 2 is 2.00 bits per heavy atom. The maximum atomic E-state index is 12.7. The van der Waals surface area contributed by atoms with Crippen LogP contribution in [0, 0.1) is 6.92 Å². The molecular weight excluding hydrogens is 290 g/mol. The summed E-state index contributed by atoms with van der Waals surface area (Å²) in [6.07, 6.45) is 1.27. The molecule has 6 nitrogen and oxygen atoms in total. The van der Waals surface area contributed by atoms with Gasteiger partial charge in [0.25, 0.3) is 0 Å². The Morgan fingerprint density at radius 1 is 1.29 bits per heavy atom. The van der Waals surface area contributed by atoms with Gasteiger partial charge in [0.1, 0.15) is 22.2 Å². The summed E-state index contributed by atoms with van der Waals surface area (Å²) in [7, 11) is -3.65. The summed E-state index contributed by atoms with van der Waals surface area (Å²) in [5, 5.41) is 0. The van der Waals surface area contributed by atoms with E-state index in [9.17, 15) is 8.42 Å². The summed E-state index contributed by atoms with van der Waals surface area (Å²) in [5.41, 5.74) is 5.50. The smallest absolute Gasteiger partial charge is 0.245 e. The van der Waals surface area contributed by atoms with Crippen LogP contribution in [0.15, 0.2) is 39.8 Å². The predicted molar refractivity (Wildman–Crippen MR) is 80.0 cm³/mol. The van der Waals surface area contributed by atoms with Gasteiger partial charge in [0.05, 0.1) is 6.54 Å². The number of nitrogens with zero attached hydrogens (tertiary/aromatic N) is 2. The zero-order valence-electron chi connectivity index (χ0n) is 12.3. The standard InChI is InChI=1S/C14H19N3O3S/c1-10(2)17(9-12-5-4-11(3)20-12)21(18,19)13-6-7-14(15)16-8-13/h4-8,10H,9H2,1-3H3,(H2,15,16). The molecule has 2 rings (SSSR count). The molecule has 0 aliphatic rings. The minimum atomic E-state index is -3.65. The molecule has 2 aromatic rings. The third-order valence-electron chi connectivity index (χ3n) is 3.05. The average Bonchev–Trinajstić information content (AvgIpc) is 2.81. The highest BCUT2D eigenvalue weighted by molar-refractivity contribution is 7.89. The number of sulfonamides is 1. The molecule has 0 fully saturated rings. The first-order valence-corrected chi connectivity index (χ1v) is 8.03. The summed E-state index contributed by atoms with van der Waals surface area (Å²) in [6.45, 7) is 5.63. The molecule has 7 heteroatoms. The molecular formula is C14H19N3O3S. The monoisotopic (exact) mass is 309 g/mol. The summed E-state index contributed by atoms with van der Waals surface area (Å²) in [5.74, 6) is 1.64. The van der Waals surface area contributed by atoms with Crippen molar-refractivity contribution >= 4 is 15.8 Å². The second kappa shape index (κ2) is 5.87. The van der Waals surface area contributed by atoms with Crippen LogP contribution in [0.4, 0.5) is 5.82 Å². The Hall–Kier alpha value is -1.86. The maximum Gasteiger partial charge on any atom is 0.245 e. The fraction of sp³-hybridized carbons (Fsp3) is 0.357. The number of aryl methyl sites for hydroxylation is 1. The number of furan rings is 1. The molecule has 0 atom stereocenters. The molecule has 114 valence electrons. The summed E-state index contributed by atoms with van der Waals surface area (Å²) >= 11 is 0. The van der Waals surface area contributed by atoms with Crippen LogP contribution in [-0.2, 0) is 16.6 Å². The number of pyridine rings is 1. The number of aromatic nitrogens is 1. The topological polar surface area (TPSA) is 89.4 Å². The van der Waals surface area contributed by atoms with Gasteiger partial charge in [-0.3, -0.25) is 0 Å². The summed E-state index contributed by atoms with van der Waals surface area (Å²) in [6, 6.07) is 6.31. The molecule has 0 amide bonds. The van der Waals surface area contributed by atoms with Gasteiger partial charge in [-0.2, -0.15) is 4.31 Å². The molecule has 0 radical (unpaired) electrons. The molecule has 0 spiro atoms. The van der Waals surface area contributed by atoms with Gasteiger partial charge in [0, 0.05) is 12.2 Å². The molecule has 0 unspecified atom stereocenters. The largest absolute Gasteiger partial charge is 0.465 e. The van der Waals surface area contributed by atoms with Crippen LogP contribution in [0.5, 0.6) is 0 Å². The van der Waals surface area contributed by atoms with Crippen molar-refractivity contribution < 1.29 is 12.8 Å². The van der Waals surface area contributed by atoms with E-state index in [0.29, 0.717) is 5.76 Å². The quantitative estimate of drug-likeness (QED) is 0.914. The number of nitrogen functional groups attached to an aromatic ring is 1. The van der Waals surface area contributed by atoms with E-state index in [2.05, 4.69) is 4.98 Å². The second-order valence-electron chi connectivity index (χ2n) is 5.08. The molecule has 2 aromatic heterocycles. The third kappa shape index (κ3) is 3.43. The Balaban J connectivity index is 2.34. The van der Waals surface area contributed by atoms with Crippen molar-refractivity contribution in [3.63, 3.8) is 0 Å². The fourth-order valence-electron chi connectivity index (χ4n) is 1.95. The molecule has 21 heavy (non-hydrogen) atoms. The highest BCUT2D eigenvalue weighted by Crippen LogP contribution is 2.21. The van der Waals surface area contributed by atoms with Crippen LogP contribution in [-0.4, -0.2) is 23.7 Å². The normalized spacial score (nSPS) is 12.2. The van der Waals surface area contributed by atoms with E-state index in [4.69, 9.17) is 10.2 Å². The van der Waals surface area contributed by atoms with E-state index in [0.717, 1.165) is 5.76 Å². The maximum absolute atomic E-state index is 12.7. The van der Waals surface area contributed by atoms with Gasteiger partial charge in [0.2, 0.25) is 10.0 Å². The molecule has 0 saturated heterocycles. The lowest BCUT2D eigenvalue weighted by Crippen LogP contribution is -2.36. The van der Waals surface area contributed by atoms with E-state index in [1.54, 1.807) is 6.07 Å². The van der Waals surface area contributed by atoms with Crippen molar-refractivity contribution in [2.24, 2.45) is 0 Å². The average molecular weight is 309 g/mol. The van der Waals surface area contributed by atoms with Crippen LogP contribution in [0.3, 0.4) is 0 Å². The number of anilines is 1. The third-order valence-corrected chi connectivity index (χ3v) is 5.05. The SMILES string of the molecule is Cc1ccc(CN(C(C)C)S(=O)(=O)c2ccc(N)nc2)o1. The van der Waals surface area contributed by atoms with E-state index in [1.807, 2.05) is 26.8 Å². The number of nitrogens with two attached hydrogens (primary N) is 1. The minimum Gasteiger partial charge on any atom is -0.465 e. The molecule has 0 aromatic carbocycles. The zero-order valence-corrected chi connectivity index (χ0v) is 13.1. The minimum absolute atomic E-state index is 0.119. The molecule has 0 bridgehead atoms. The lowest BCUT2D eigenvalue weighted by Gasteiger charge is -2.24. The van der Waals surface area contributed by atoms with Gasteiger partial charge in [0.15, 0.2) is 0 Å². The highest BCUT2D eigenvalue weighted by atomic mass is 32.2. The first-order chi connectivity index (χ1) is 9.80. The second-order valence-corrected chi connectivity index (χ2v) is 6.97. The molecule has 2 N–H and O–H groups in total. The van der Waals surface area contributed by atoms with Crippen molar-refractivity contribution in [3.05, 3.63) is 42.0 Å². The highest BCUT2D eigenvalue weighted by Gasteiger charge is 2.28. The summed E-state index contributed by atoms with van der Waals surface area (Å²) in [4.78, 5) is 3.97. The summed E-state index contributed by atoms with van der Waals surface area (Å²) < 4.78 is 32.2. The van der Waals surface area contributed by atoms with E-state index in [-0.39, 0.29) is 23.3 Å². The number of hydrogen-bond donors (Lipinski definition) is 1. The van der Waals surface area contributed by atoms with Crippen LogP contribution in [0.2, 0.25) is 0 Å². The first-order valence-electron chi connectivity index (χ1n) is 6.59. The van der Waals surface area contributed by atoms with Gasteiger partial charge in [-0.1, -0.05) is 0 Å². The molecule has 0 saturated carbocycles. The Bertz CT molecular complexity index is 705. The van der Waals surface area contributed by atoms with Crippen LogP contribution < -0.4 is 5.73 Å². The zero-order chi connectivity index (χ0) is 15.6. The first kappa shape index (κ1) is 15.5. The lowest BCUT2D eigenvalue weighted by atomic mass is 10.3.